The molecule has 1 heterocycles. The summed E-state index contributed by atoms with van der Waals surface area (Å²) in [5.74, 6) is 0.778. The Kier molecular flexibility index (Phi) is 3.84. The highest BCUT2D eigenvalue weighted by Crippen LogP contribution is 2.38. The Labute approximate surface area is 101 Å². The van der Waals surface area contributed by atoms with E-state index in [0.29, 0.717) is 11.5 Å². The number of nitrogens with one attached hydrogen (secondary N) is 1. The van der Waals surface area contributed by atoms with E-state index in [1.54, 1.807) is 14.2 Å². The number of halogens is 1. The van der Waals surface area contributed by atoms with Gasteiger partial charge in [-0.05, 0) is 19.4 Å². The minimum absolute atomic E-state index is 0.189. The highest BCUT2D eigenvalue weighted by atomic mass is 19.1. The van der Waals surface area contributed by atoms with Crippen LogP contribution in [0.4, 0.5) is 4.39 Å². The monoisotopic (exact) mass is 239 g/mol. The maximum atomic E-state index is 13.4. The molecule has 0 aromatic heterocycles. The lowest BCUT2D eigenvalue weighted by molar-refractivity contribution is 0.344. The molecule has 1 unspecified atom stereocenters. The van der Waals surface area contributed by atoms with Crippen LogP contribution in [0, 0.1) is 5.82 Å². The van der Waals surface area contributed by atoms with Gasteiger partial charge in [0.05, 0.1) is 19.8 Å². The quantitative estimate of drug-likeness (QED) is 0.879. The van der Waals surface area contributed by atoms with Crippen molar-refractivity contribution in [3.63, 3.8) is 0 Å². The van der Waals surface area contributed by atoms with Gasteiger partial charge in [0.2, 0.25) is 0 Å². The highest BCUT2D eigenvalue weighted by molar-refractivity contribution is 5.47. The first-order valence-corrected chi connectivity index (χ1v) is 5.91. The van der Waals surface area contributed by atoms with Crippen molar-refractivity contribution in [2.75, 3.05) is 20.8 Å². The van der Waals surface area contributed by atoms with Gasteiger partial charge in [0, 0.05) is 18.2 Å². The smallest absolute Gasteiger partial charge is 0.130 e. The predicted octanol–water partition coefficient (Wildman–Crippen LogP) is 2.66. The summed E-state index contributed by atoms with van der Waals surface area (Å²) in [5.41, 5.74) is 0.927. The molecule has 0 radical (unpaired) electrons. The molecule has 4 heteroatoms. The molecule has 1 aromatic carbocycles. The number of rotatable bonds is 3. The molecular weight excluding hydrogens is 221 g/mol. The highest BCUT2D eigenvalue weighted by Gasteiger charge is 2.23. The third-order valence-corrected chi connectivity index (χ3v) is 3.17. The summed E-state index contributed by atoms with van der Waals surface area (Å²) >= 11 is 0. The summed E-state index contributed by atoms with van der Waals surface area (Å²) in [6.45, 7) is 0.981. The van der Waals surface area contributed by atoms with Gasteiger partial charge in [0.25, 0.3) is 0 Å². The fraction of sp³-hybridized carbons (Fsp3) is 0.538. The molecule has 0 amide bonds. The first-order chi connectivity index (χ1) is 8.26. The lowest BCUT2D eigenvalue weighted by Crippen LogP contribution is -2.27. The lowest BCUT2D eigenvalue weighted by Gasteiger charge is -2.26. The molecule has 3 nitrogen and oxygen atoms in total. The Bertz CT molecular complexity index is 364. The van der Waals surface area contributed by atoms with E-state index in [0.717, 1.165) is 18.5 Å². The van der Waals surface area contributed by atoms with Crippen molar-refractivity contribution in [3.05, 3.63) is 23.5 Å². The first-order valence-electron chi connectivity index (χ1n) is 5.91. The number of benzene rings is 1. The minimum atomic E-state index is -0.335. The number of methoxy groups -OCH3 is 2. The van der Waals surface area contributed by atoms with Crippen molar-refractivity contribution in [3.8, 4) is 11.5 Å². The van der Waals surface area contributed by atoms with E-state index in [4.69, 9.17) is 9.47 Å². The standard InChI is InChI=1S/C13H18FNO2/c1-16-11-7-9(14)8-12(17-2)13(11)10-5-3-4-6-15-10/h7-8,10,15H,3-6H2,1-2H3. The van der Waals surface area contributed by atoms with E-state index in [-0.39, 0.29) is 11.9 Å². The van der Waals surface area contributed by atoms with Gasteiger partial charge >= 0.3 is 0 Å². The zero-order chi connectivity index (χ0) is 12.3. The molecule has 1 aliphatic rings. The Hall–Kier alpha value is -1.29. The largest absolute Gasteiger partial charge is 0.496 e. The van der Waals surface area contributed by atoms with Gasteiger partial charge in [-0.25, -0.2) is 4.39 Å². The molecule has 1 atom stereocenters. The topological polar surface area (TPSA) is 30.5 Å². The van der Waals surface area contributed by atoms with Gasteiger partial charge in [0.15, 0.2) is 0 Å². The first kappa shape index (κ1) is 12.2. The van der Waals surface area contributed by atoms with Crippen molar-refractivity contribution in [2.24, 2.45) is 0 Å². The second-order valence-corrected chi connectivity index (χ2v) is 4.23. The van der Waals surface area contributed by atoms with Crippen LogP contribution >= 0.6 is 0 Å². The van der Waals surface area contributed by atoms with Crippen LogP contribution in [0.2, 0.25) is 0 Å². The molecule has 0 aliphatic carbocycles. The maximum Gasteiger partial charge on any atom is 0.130 e. The maximum absolute atomic E-state index is 13.4. The van der Waals surface area contributed by atoms with E-state index in [2.05, 4.69) is 5.32 Å². The van der Waals surface area contributed by atoms with Crippen LogP contribution in [0.15, 0.2) is 12.1 Å². The van der Waals surface area contributed by atoms with Crippen molar-refractivity contribution >= 4 is 0 Å². The zero-order valence-electron chi connectivity index (χ0n) is 10.3. The molecule has 1 saturated heterocycles. The molecular formula is C13H18FNO2. The van der Waals surface area contributed by atoms with Crippen LogP contribution in [-0.4, -0.2) is 20.8 Å². The molecule has 0 bridgehead atoms. The Morgan fingerprint density at radius 3 is 2.29 bits per heavy atom. The molecule has 17 heavy (non-hydrogen) atoms. The second kappa shape index (κ2) is 5.36. The van der Waals surface area contributed by atoms with E-state index in [1.807, 2.05) is 0 Å². The molecule has 1 aliphatic heterocycles. The molecule has 0 spiro atoms. The van der Waals surface area contributed by atoms with Crippen LogP contribution in [0.5, 0.6) is 11.5 Å². The summed E-state index contributed by atoms with van der Waals surface area (Å²) in [6.07, 6.45) is 3.38. The van der Waals surface area contributed by atoms with Gasteiger partial charge in [-0.3, -0.25) is 0 Å². The van der Waals surface area contributed by atoms with Gasteiger partial charge in [-0.1, -0.05) is 6.42 Å². The van der Waals surface area contributed by atoms with Crippen molar-refractivity contribution in [1.29, 1.82) is 0 Å². The minimum Gasteiger partial charge on any atom is -0.496 e. The Morgan fingerprint density at radius 1 is 1.18 bits per heavy atom. The average molecular weight is 239 g/mol. The summed E-state index contributed by atoms with van der Waals surface area (Å²) in [5, 5.41) is 3.42. The van der Waals surface area contributed by atoms with E-state index in [1.165, 1.54) is 25.0 Å². The van der Waals surface area contributed by atoms with E-state index >= 15 is 0 Å². The van der Waals surface area contributed by atoms with Gasteiger partial charge in [0.1, 0.15) is 17.3 Å². The molecule has 94 valence electrons. The van der Waals surface area contributed by atoms with Gasteiger partial charge in [-0.15, -0.1) is 0 Å². The third-order valence-electron chi connectivity index (χ3n) is 3.17. The summed E-state index contributed by atoms with van der Waals surface area (Å²) in [4.78, 5) is 0. The SMILES string of the molecule is COc1cc(F)cc(OC)c1C1CCCCN1. The summed E-state index contributed by atoms with van der Waals surface area (Å²) in [6, 6.07) is 3.01. The number of ether oxygens (including phenoxy) is 2. The zero-order valence-corrected chi connectivity index (χ0v) is 10.3. The van der Waals surface area contributed by atoms with E-state index in [9.17, 15) is 4.39 Å². The number of piperidine rings is 1. The summed E-state index contributed by atoms with van der Waals surface area (Å²) in [7, 11) is 3.11. The number of hydrogen-bond acceptors (Lipinski definition) is 3. The normalized spacial score (nSPS) is 20.1. The van der Waals surface area contributed by atoms with Crippen molar-refractivity contribution < 1.29 is 13.9 Å². The Morgan fingerprint density at radius 2 is 1.82 bits per heavy atom. The molecule has 0 saturated carbocycles. The van der Waals surface area contributed by atoms with Crippen molar-refractivity contribution in [2.45, 2.75) is 25.3 Å². The van der Waals surface area contributed by atoms with Crippen LogP contribution in [0.25, 0.3) is 0 Å². The predicted molar refractivity (Wildman–Crippen MR) is 64.1 cm³/mol. The van der Waals surface area contributed by atoms with Gasteiger partial charge < -0.3 is 14.8 Å². The van der Waals surface area contributed by atoms with Crippen LogP contribution < -0.4 is 14.8 Å². The van der Waals surface area contributed by atoms with E-state index < -0.39 is 0 Å². The Balaban J connectivity index is 2.41. The van der Waals surface area contributed by atoms with Crippen LogP contribution in [0.3, 0.4) is 0 Å². The molecule has 2 rings (SSSR count). The van der Waals surface area contributed by atoms with Crippen LogP contribution in [0.1, 0.15) is 30.9 Å². The number of hydrogen-bond donors (Lipinski definition) is 1. The molecule has 1 fully saturated rings. The second-order valence-electron chi connectivity index (χ2n) is 4.23. The van der Waals surface area contributed by atoms with Crippen LogP contribution in [-0.2, 0) is 0 Å². The van der Waals surface area contributed by atoms with Gasteiger partial charge in [-0.2, -0.15) is 0 Å². The summed E-state index contributed by atoms with van der Waals surface area (Å²) < 4.78 is 23.9. The molecule has 1 N–H and O–H groups in total. The lowest BCUT2D eigenvalue weighted by atomic mass is 9.96. The molecule has 1 aromatic rings. The average Bonchev–Trinajstić information content (AvgIpc) is 2.38. The van der Waals surface area contributed by atoms with Crippen molar-refractivity contribution in [1.82, 2.24) is 5.32 Å². The fourth-order valence-corrected chi connectivity index (χ4v) is 2.35. The fourth-order valence-electron chi connectivity index (χ4n) is 2.35. The third kappa shape index (κ3) is 2.52.